The van der Waals surface area contributed by atoms with Crippen molar-refractivity contribution in [2.75, 3.05) is 7.05 Å². The molecule has 0 saturated heterocycles. The van der Waals surface area contributed by atoms with Crippen molar-refractivity contribution in [1.82, 2.24) is 10.3 Å². The molecule has 1 unspecified atom stereocenters. The van der Waals surface area contributed by atoms with E-state index in [2.05, 4.69) is 10.3 Å². The van der Waals surface area contributed by atoms with Crippen LogP contribution in [0.2, 0.25) is 10.0 Å². The van der Waals surface area contributed by atoms with Crippen LogP contribution in [0.4, 0.5) is 0 Å². The first-order valence-electron chi connectivity index (χ1n) is 6.75. The van der Waals surface area contributed by atoms with E-state index < -0.39 is 0 Å². The van der Waals surface area contributed by atoms with Crippen molar-refractivity contribution in [1.29, 1.82) is 0 Å². The van der Waals surface area contributed by atoms with E-state index in [1.807, 2.05) is 45.2 Å². The van der Waals surface area contributed by atoms with Crippen LogP contribution in [-0.4, -0.2) is 18.1 Å². The van der Waals surface area contributed by atoms with Gasteiger partial charge < -0.3 is 10.1 Å². The summed E-state index contributed by atoms with van der Waals surface area (Å²) in [7, 11) is 1.86. The quantitative estimate of drug-likeness (QED) is 0.880. The molecule has 1 atom stereocenters. The topological polar surface area (TPSA) is 34.2 Å². The van der Waals surface area contributed by atoms with Crippen molar-refractivity contribution in [3.8, 4) is 5.75 Å². The summed E-state index contributed by atoms with van der Waals surface area (Å²) in [5.41, 5.74) is 1.79. The Bertz CT molecular complexity index is 597. The number of nitrogens with zero attached hydrogens (tertiary/aromatic N) is 1. The second-order valence-corrected chi connectivity index (χ2v) is 5.79. The average Bonchev–Trinajstić information content (AvgIpc) is 2.42. The van der Waals surface area contributed by atoms with E-state index in [1.54, 1.807) is 12.4 Å². The number of rotatable bonds is 5. The van der Waals surface area contributed by atoms with Gasteiger partial charge in [-0.15, -0.1) is 0 Å². The Morgan fingerprint density at radius 2 is 1.81 bits per heavy atom. The number of nitrogens with one attached hydrogen (secondary N) is 1. The Morgan fingerprint density at radius 1 is 1.14 bits per heavy atom. The lowest BCUT2D eigenvalue weighted by atomic mass is 10.00. The van der Waals surface area contributed by atoms with E-state index in [-0.39, 0.29) is 12.1 Å². The fourth-order valence-corrected chi connectivity index (χ4v) is 2.81. The Hall–Kier alpha value is -1.29. The van der Waals surface area contributed by atoms with Crippen LogP contribution in [0.5, 0.6) is 5.75 Å². The zero-order chi connectivity index (χ0) is 15.4. The Labute approximate surface area is 135 Å². The third-order valence-corrected chi connectivity index (χ3v) is 3.68. The summed E-state index contributed by atoms with van der Waals surface area (Å²) in [6, 6.07) is 7.30. The Morgan fingerprint density at radius 3 is 2.38 bits per heavy atom. The minimum atomic E-state index is -0.144. The first-order valence-corrected chi connectivity index (χ1v) is 7.51. The monoisotopic (exact) mass is 324 g/mol. The molecule has 1 heterocycles. The lowest BCUT2D eigenvalue weighted by molar-refractivity contribution is 0.241. The number of pyridine rings is 1. The normalized spacial score (nSPS) is 12.5. The smallest absolute Gasteiger partial charge is 0.138 e. The zero-order valence-corrected chi connectivity index (χ0v) is 13.7. The molecule has 0 saturated carbocycles. The summed E-state index contributed by atoms with van der Waals surface area (Å²) >= 11 is 12.6. The van der Waals surface area contributed by atoms with Gasteiger partial charge in [0.05, 0.1) is 18.3 Å². The number of halogens is 2. The highest BCUT2D eigenvalue weighted by atomic mass is 35.5. The summed E-state index contributed by atoms with van der Waals surface area (Å²) in [4.78, 5) is 4.24. The molecule has 0 aliphatic carbocycles. The van der Waals surface area contributed by atoms with Gasteiger partial charge in [-0.3, -0.25) is 4.98 Å². The molecule has 1 aromatic carbocycles. The minimum Gasteiger partial charge on any atom is -0.489 e. The van der Waals surface area contributed by atoms with E-state index in [1.165, 1.54) is 0 Å². The zero-order valence-electron chi connectivity index (χ0n) is 12.2. The van der Waals surface area contributed by atoms with Crippen molar-refractivity contribution in [3.63, 3.8) is 0 Å². The summed E-state index contributed by atoms with van der Waals surface area (Å²) < 4.78 is 5.69. The fraction of sp³-hybridized carbons (Fsp3) is 0.312. The molecule has 2 rings (SSSR count). The molecular formula is C16H18Cl2N2O. The summed E-state index contributed by atoms with van der Waals surface area (Å²) in [6.07, 6.45) is 3.58. The molecule has 0 aliphatic rings. The third-order valence-electron chi connectivity index (χ3n) is 3.02. The largest absolute Gasteiger partial charge is 0.489 e. The van der Waals surface area contributed by atoms with E-state index in [0.717, 1.165) is 16.9 Å². The first-order chi connectivity index (χ1) is 10.0. The molecule has 3 nitrogen and oxygen atoms in total. The molecule has 0 aliphatic heterocycles. The molecule has 21 heavy (non-hydrogen) atoms. The van der Waals surface area contributed by atoms with E-state index >= 15 is 0 Å². The second-order valence-electron chi connectivity index (χ2n) is 4.98. The standard InChI is InChI=1S/C16H18Cl2N2O/c1-10(2)21-12-7-11(8-20-9-12)16(19-3)15-13(17)5-4-6-14(15)18/h4-10,16,19H,1-3H3. The van der Waals surface area contributed by atoms with E-state index in [0.29, 0.717) is 10.0 Å². The molecule has 2 aromatic rings. The van der Waals surface area contributed by atoms with E-state index in [4.69, 9.17) is 27.9 Å². The molecular weight excluding hydrogens is 307 g/mol. The maximum Gasteiger partial charge on any atom is 0.138 e. The molecule has 0 spiro atoms. The molecule has 1 N–H and O–H groups in total. The molecule has 0 amide bonds. The lowest BCUT2D eigenvalue weighted by Crippen LogP contribution is -2.19. The summed E-state index contributed by atoms with van der Waals surface area (Å²) in [5, 5.41) is 4.48. The third kappa shape index (κ3) is 3.88. The molecule has 0 fully saturated rings. The maximum absolute atomic E-state index is 6.30. The van der Waals surface area contributed by atoms with Crippen LogP contribution in [0.15, 0.2) is 36.7 Å². The average molecular weight is 325 g/mol. The second kappa shape index (κ2) is 7.12. The number of hydrogen-bond donors (Lipinski definition) is 1. The SMILES string of the molecule is CNC(c1cncc(OC(C)C)c1)c1c(Cl)cccc1Cl. The highest BCUT2D eigenvalue weighted by Gasteiger charge is 2.19. The fourth-order valence-electron chi connectivity index (χ4n) is 2.19. The first kappa shape index (κ1) is 16.1. The van der Waals surface area contributed by atoms with Crippen LogP contribution in [0.1, 0.15) is 31.0 Å². The molecule has 112 valence electrons. The molecule has 1 aromatic heterocycles. The van der Waals surface area contributed by atoms with Gasteiger partial charge in [0.1, 0.15) is 5.75 Å². The van der Waals surface area contributed by atoms with Gasteiger partial charge in [-0.25, -0.2) is 0 Å². The van der Waals surface area contributed by atoms with Crippen LogP contribution in [0.25, 0.3) is 0 Å². The van der Waals surface area contributed by atoms with Crippen molar-refractivity contribution in [3.05, 3.63) is 57.8 Å². The van der Waals surface area contributed by atoms with Crippen molar-refractivity contribution < 1.29 is 4.74 Å². The van der Waals surface area contributed by atoms with Gasteiger partial charge in [-0.2, -0.15) is 0 Å². The van der Waals surface area contributed by atoms with Gasteiger partial charge in [-0.1, -0.05) is 29.3 Å². The van der Waals surface area contributed by atoms with Crippen LogP contribution < -0.4 is 10.1 Å². The highest BCUT2D eigenvalue weighted by molar-refractivity contribution is 6.36. The number of ether oxygens (including phenoxy) is 1. The van der Waals surface area contributed by atoms with Crippen molar-refractivity contribution in [2.24, 2.45) is 0 Å². The van der Waals surface area contributed by atoms with Crippen molar-refractivity contribution >= 4 is 23.2 Å². The molecule has 5 heteroatoms. The van der Waals surface area contributed by atoms with Crippen LogP contribution >= 0.6 is 23.2 Å². The van der Waals surface area contributed by atoms with Crippen molar-refractivity contribution in [2.45, 2.75) is 26.0 Å². The maximum atomic E-state index is 6.30. The van der Waals surface area contributed by atoms with Gasteiger partial charge in [-0.05, 0) is 44.7 Å². The van der Waals surface area contributed by atoms with Gasteiger partial charge in [0.2, 0.25) is 0 Å². The van der Waals surface area contributed by atoms with E-state index in [9.17, 15) is 0 Å². The van der Waals surface area contributed by atoms with Gasteiger partial charge in [0, 0.05) is 21.8 Å². The number of benzene rings is 1. The Kier molecular flexibility index (Phi) is 5.45. The number of aromatic nitrogens is 1. The Balaban J connectivity index is 2.42. The van der Waals surface area contributed by atoms with Crippen LogP contribution in [0, 0.1) is 0 Å². The van der Waals surface area contributed by atoms with Crippen LogP contribution in [-0.2, 0) is 0 Å². The highest BCUT2D eigenvalue weighted by Crippen LogP contribution is 2.34. The van der Waals surface area contributed by atoms with Gasteiger partial charge in [0.25, 0.3) is 0 Å². The lowest BCUT2D eigenvalue weighted by Gasteiger charge is -2.20. The van der Waals surface area contributed by atoms with Gasteiger partial charge in [0.15, 0.2) is 0 Å². The minimum absolute atomic E-state index is 0.0963. The predicted octanol–water partition coefficient (Wildman–Crippen LogP) is 4.48. The predicted molar refractivity (Wildman–Crippen MR) is 87.4 cm³/mol. The molecule has 0 radical (unpaired) electrons. The summed E-state index contributed by atoms with van der Waals surface area (Å²) in [6.45, 7) is 3.96. The molecule has 0 bridgehead atoms. The summed E-state index contributed by atoms with van der Waals surface area (Å²) in [5.74, 6) is 0.728. The van der Waals surface area contributed by atoms with Crippen LogP contribution in [0.3, 0.4) is 0 Å². The van der Waals surface area contributed by atoms with Gasteiger partial charge >= 0.3 is 0 Å². The number of hydrogen-bond acceptors (Lipinski definition) is 3.